The summed E-state index contributed by atoms with van der Waals surface area (Å²) in [5.41, 5.74) is 8.06. The number of ether oxygens (including phenoxy) is 1. The van der Waals surface area contributed by atoms with E-state index in [9.17, 15) is 14.4 Å². The summed E-state index contributed by atoms with van der Waals surface area (Å²) >= 11 is 0. The fraction of sp³-hybridized carbons (Fsp3) is 0.475. The molecule has 0 aromatic carbocycles. The molecule has 533 valence electrons. The van der Waals surface area contributed by atoms with E-state index >= 15 is 0 Å². The van der Waals surface area contributed by atoms with E-state index in [2.05, 4.69) is 68.7 Å². The average molecular weight is 1600 g/mol. The third kappa shape index (κ3) is 44.0. The highest BCUT2D eigenvalue weighted by molar-refractivity contribution is 8.34. The average Bonchev–Trinajstić information content (AvgIpc) is 0.745. The maximum atomic E-state index is 12.6. The maximum absolute atomic E-state index is 12.6. The smallest absolute Gasteiger partial charge is 0.306 e. The van der Waals surface area contributed by atoms with E-state index < -0.39 is 229 Å². The molecule has 132 heavy (non-hydrogen) atoms. The van der Waals surface area contributed by atoms with Crippen LogP contribution < -0.4 is 37.6 Å². The number of nitrogens with one attached hydrogen (secondary N) is 6. The molecule has 0 unspecified atom stereocenters. The molecule has 0 spiro atoms. The van der Waals surface area contributed by atoms with Crippen molar-refractivity contribution in [3.05, 3.63) is 83.7 Å². The van der Waals surface area contributed by atoms with Gasteiger partial charge in [0.25, 0.3) is 11.8 Å². The van der Waals surface area contributed by atoms with Crippen molar-refractivity contribution in [2.24, 2.45) is 5.73 Å². The molecule has 92 heteroatoms. The Labute approximate surface area is 861 Å². The second kappa shape index (κ2) is 66.7. The number of amides is 2. The lowest BCUT2D eigenvalue weighted by Crippen LogP contribution is -2.92. The minimum Gasteiger partial charge on any atom is -0.460 e. The number of hydrogen-bond acceptors (Lipinski definition) is 15. The third-order valence-electron chi connectivity index (χ3n) is 22.6. The number of nitrogens with two attached hydrogens (primary N) is 1. The summed E-state index contributed by atoms with van der Waals surface area (Å²) < 4.78 is 5.27. The molecule has 0 bridgehead atoms. The molecular weight excluding hydrogens is 1540 g/mol. The van der Waals surface area contributed by atoms with Crippen LogP contribution in [-0.4, -0.2) is 631 Å². The van der Waals surface area contributed by atoms with Crippen LogP contribution in [0.3, 0.4) is 0 Å². The largest absolute Gasteiger partial charge is 0.460 e. The van der Waals surface area contributed by atoms with Crippen LogP contribution in [0, 0.1) is 0 Å². The van der Waals surface area contributed by atoms with Crippen LogP contribution in [0.2, 0.25) is 0 Å². The van der Waals surface area contributed by atoms with Gasteiger partial charge in [0.1, 0.15) is 28.4 Å². The Hall–Kier alpha value is -1.10. The lowest BCUT2D eigenvalue weighted by molar-refractivity contribution is -0.154. The van der Waals surface area contributed by atoms with Gasteiger partial charge in [-0.05, 0) is 88.3 Å². The number of aromatic nitrogens is 6. The minimum absolute atomic E-state index is 0.229. The fourth-order valence-corrected chi connectivity index (χ4v) is 16.9. The van der Waals surface area contributed by atoms with Crippen LogP contribution in [0.1, 0.15) is 92.1 Å². The number of anilines is 4. The summed E-state index contributed by atoms with van der Waals surface area (Å²) in [6, 6.07) is 7.88. The zero-order valence-corrected chi connectivity index (χ0v) is 77.2. The van der Waals surface area contributed by atoms with Crippen molar-refractivity contribution >= 4 is 574 Å². The Bertz CT molecular complexity index is 3610. The van der Waals surface area contributed by atoms with Crippen LogP contribution >= 0.6 is 0 Å². The van der Waals surface area contributed by atoms with E-state index in [-0.39, 0.29) is 24.2 Å². The number of nitrogens with zero attached hydrogens (tertiary/aromatic N) is 6. The second-order valence-electron chi connectivity index (χ2n) is 34.2. The van der Waals surface area contributed by atoms with E-state index in [0.717, 1.165) is 32.2 Å². The van der Waals surface area contributed by atoms with E-state index in [0.29, 0.717) is 80.3 Å². The van der Waals surface area contributed by atoms with Gasteiger partial charge in [-0.1, -0.05) is 13.8 Å². The molecule has 0 atom stereocenters. The van der Waals surface area contributed by atoms with Gasteiger partial charge in [-0.25, -0.2) is 9.97 Å². The molecule has 2 amide bonds. The van der Waals surface area contributed by atoms with E-state index in [1.807, 2.05) is 52.0 Å². The first kappa shape index (κ1) is 129. The zero-order valence-electron chi connectivity index (χ0n) is 77.2. The summed E-state index contributed by atoms with van der Waals surface area (Å²) in [5.74, 6) is 1.17. The quantitative estimate of drug-likeness (QED) is 0.0124. The molecule has 0 saturated heterocycles. The van der Waals surface area contributed by atoms with Gasteiger partial charge in [-0.3, -0.25) is 24.4 Å². The Morgan fingerprint density at radius 1 is 0.356 bits per heavy atom. The molecule has 4 rings (SSSR count). The number of carbonyl (C=O) groups excluding carboxylic acids is 3. The number of carbonyl (C=O) groups is 3. The Balaban J connectivity index is 0.000000889. The molecule has 8 N–H and O–H groups in total. The maximum Gasteiger partial charge on any atom is 0.306 e. The molecule has 0 aliphatic heterocycles. The zero-order chi connectivity index (χ0) is 101. The van der Waals surface area contributed by atoms with Crippen LogP contribution in [0.4, 0.5) is 23.5 Å². The van der Waals surface area contributed by atoms with Crippen LogP contribution in [0.15, 0.2) is 61.4 Å². The normalized spacial score (nSPS) is 10.0. The summed E-state index contributed by atoms with van der Waals surface area (Å²) in [4.78, 5) is 62.1. The van der Waals surface area contributed by atoms with Gasteiger partial charge in [0, 0.05) is 622 Å². The predicted molar refractivity (Wildman–Crippen MR) is 655 cm³/mol. The highest BCUT2D eigenvalue weighted by Gasteiger charge is 2.59. The highest BCUT2D eigenvalue weighted by Crippen LogP contribution is 2.23. The number of hydrogen-bond donors (Lipinski definition) is 7. The van der Waals surface area contributed by atoms with Crippen LogP contribution in [0.5, 0.6) is 0 Å². The monoisotopic (exact) mass is 1610 g/mol. The summed E-state index contributed by atoms with van der Waals surface area (Å²) in [7, 11) is 243. The molecular formula is C40H59B75N13O4. The van der Waals surface area contributed by atoms with Crippen LogP contribution in [-0.2, 0) is 22.4 Å². The summed E-state index contributed by atoms with van der Waals surface area (Å²) in [6.45, 7) is 13.5. The molecule has 17 nitrogen and oxygen atoms in total. The Kier molecular flexibility index (Phi) is 65.1. The first-order valence-corrected chi connectivity index (χ1v) is 43.8. The Morgan fingerprint density at radius 2 is 0.621 bits per heavy atom. The van der Waals surface area contributed by atoms with Crippen molar-refractivity contribution in [1.29, 1.82) is 0 Å². The summed E-state index contributed by atoms with van der Waals surface area (Å²) in [6.07, 6.45) is -23.7. The molecule has 4 heterocycles. The summed E-state index contributed by atoms with van der Waals surface area (Å²) in [5, 5.41) is 18.3. The number of pyridine rings is 2. The topological polar surface area (TPSA) is 236 Å². The first-order chi connectivity index (χ1) is 61.6. The number of rotatable bonds is 56. The van der Waals surface area contributed by atoms with Crippen LogP contribution in [0.25, 0.3) is 0 Å². The van der Waals surface area contributed by atoms with Gasteiger partial charge >= 0.3 is 5.97 Å². The Morgan fingerprint density at radius 3 is 0.871 bits per heavy atom. The van der Waals surface area contributed by atoms with Gasteiger partial charge in [0.15, 0.2) is 0 Å². The van der Waals surface area contributed by atoms with Crippen molar-refractivity contribution in [3.63, 3.8) is 0 Å². The van der Waals surface area contributed by atoms with E-state index in [1.54, 1.807) is 24.8 Å². The van der Waals surface area contributed by atoms with Gasteiger partial charge in [-0.15, -0.1) is 0 Å². The van der Waals surface area contributed by atoms with E-state index in [4.69, 9.17) is 312 Å². The molecule has 79 radical (unpaired) electrons. The van der Waals surface area contributed by atoms with E-state index in [1.165, 1.54) is 30.6 Å². The molecule has 0 aliphatic carbocycles. The minimum atomic E-state index is -1.25. The molecule has 0 fully saturated rings. The van der Waals surface area contributed by atoms with Gasteiger partial charge in [0.05, 0.1) is 0 Å². The molecule has 0 saturated carbocycles. The second-order valence-corrected chi connectivity index (χ2v) is 34.2. The lowest BCUT2D eigenvalue weighted by Gasteiger charge is -2.54. The molecule has 4 aromatic rings. The fourth-order valence-electron chi connectivity index (χ4n) is 16.9. The van der Waals surface area contributed by atoms with Gasteiger partial charge in [-0.2, -0.15) is 9.97 Å². The van der Waals surface area contributed by atoms with Crippen molar-refractivity contribution < 1.29 is 19.1 Å². The standard InChI is InChI=1S/C23H34N6O3.C17H25N7O.B40.B35/c1-5-11-25-20-18(21(31)26-12-6-7-19(30)32-23(2,3)4)16-28-22(29-20)27-15-10-17-8-13-24-14-9-17;1-2-7-20-15-14(16(25)21-11-6-18)12-23-17(24-15)22-10-5-13-3-8-19-9-4-13;1-22(2)32(21)37(31(19)20)40(38(33(23(3)4)24(5)6)34(25(7)8)26(9)10)39(35(27(11)12)28(13)14)36(29(15)16)30(17)18;1-19-28(18)33(29(20(2)3)21(4)5)35(32(26(14)15)27(16)17)34(30(22(6)7)23(8)9)31(24(10)11)25(12)13/h8-9,13-14,16H,5-7,10-12,15H2,1-4H3,(H,26,31)(H2,25,27,28,29);3-4,8-9,12H,2,5-7,10-11,18H2,1H3,(H,21,25)(H2,20,22,23,24);;. The predicted octanol–water partition coefficient (Wildman–Crippen LogP) is -24.3. The lowest BCUT2D eigenvalue weighted by atomic mass is 8.27. The highest BCUT2D eigenvalue weighted by atomic mass is 16.6. The van der Waals surface area contributed by atoms with Crippen molar-refractivity contribution in [2.75, 3.05) is 67.1 Å². The molecule has 4 aromatic heterocycles. The SMILES string of the molecule is CCCNc1nc(NCCc2ccncc2)ncc1C(=O)NCCCC(=O)OC(C)(C)C.CCCNc1nc(NCCc2ccncc2)ncc1C(=O)NCCN.[B]B([B])B([B])B(B([B])[B])B(B(B(B([B])[B])B([B])[B])B(B([B])[B])B([B])[B])B(B(B([B])[B])B([B])[B])B(B([B])[B])B([B])[B].[B][B]B([B])B(B(B([B])[B])B([B])[B])B(B(B([B])[B])B([B])[B])B(B(B([B])[B])B([B])[B])B(B([B])[B])B([B])[B]. The van der Waals surface area contributed by atoms with Gasteiger partial charge < -0.3 is 42.4 Å². The van der Waals surface area contributed by atoms with Crippen molar-refractivity contribution in [3.8, 4) is 0 Å². The van der Waals surface area contributed by atoms with Crippen molar-refractivity contribution in [2.45, 2.75) is 78.7 Å². The number of esters is 1. The first-order valence-electron chi connectivity index (χ1n) is 43.8. The molecule has 0 aliphatic rings. The van der Waals surface area contributed by atoms with Gasteiger partial charge in [0.2, 0.25) is 11.9 Å². The third-order valence-corrected chi connectivity index (χ3v) is 22.6. The van der Waals surface area contributed by atoms with Crippen molar-refractivity contribution in [1.82, 2.24) is 40.5 Å².